The van der Waals surface area contributed by atoms with E-state index >= 15 is 0 Å². The van der Waals surface area contributed by atoms with Crippen LogP contribution in [0.4, 0.5) is 4.39 Å². The molecule has 2 aromatic rings. The van der Waals surface area contributed by atoms with E-state index in [9.17, 15) is 14.3 Å². The summed E-state index contributed by atoms with van der Waals surface area (Å²) in [5.41, 5.74) is 1.14. The summed E-state index contributed by atoms with van der Waals surface area (Å²) in [4.78, 5) is 11.8. The first-order valence-electron chi connectivity index (χ1n) is 6.41. The molecule has 0 aliphatic heterocycles. The van der Waals surface area contributed by atoms with E-state index in [4.69, 9.17) is 4.74 Å². The molecular weight excluding hydrogens is 271 g/mol. The van der Waals surface area contributed by atoms with Crippen LogP contribution >= 0.6 is 0 Å². The van der Waals surface area contributed by atoms with Crippen LogP contribution in [0.3, 0.4) is 0 Å². The van der Waals surface area contributed by atoms with Crippen LogP contribution in [0, 0.1) is 5.82 Å². The third-order valence-corrected chi connectivity index (χ3v) is 2.99. The molecule has 0 aromatic heterocycles. The average molecular weight is 286 g/mol. The third-order valence-electron chi connectivity index (χ3n) is 2.99. The number of hydrogen-bond donors (Lipinski definition) is 1. The normalized spacial score (nSPS) is 11.7. The Hall–Kier alpha value is -2.46. The van der Waals surface area contributed by atoms with Gasteiger partial charge in [-0.1, -0.05) is 49.0 Å². The number of rotatable bonds is 5. The van der Waals surface area contributed by atoms with Crippen LogP contribution in [-0.4, -0.2) is 11.1 Å². The van der Waals surface area contributed by atoms with E-state index in [0.717, 1.165) is 5.56 Å². The van der Waals surface area contributed by atoms with Crippen molar-refractivity contribution in [2.24, 2.45) is 0 Å². The van der Waals surface area contributed by atoms with Crippen molar-refractivity contribution in [3.05, 3.63) is 83.7 Å². The number of hydrogen-bond acceptors (Lipinski definition) is 3. The summed E-state index contributed by atoms with van der Waals surface area (Å²) in [5, 5.41) is 10.0. The van der Waals surface area contributed by atoms with E-state index < -0.39 is 17.9 Å². The van der Waals surface area contributed by atoms with Crippen LogP contribution in [0.2, 0.25) is 0 Å². The zero-order chi connectivity index (χ0) is 15.2. The topological polar surface area (TPSA) is 46.5 Å². The van der Waals surface area contributed by atoms with Gasteiger partial charge in [0.25, 0.3) is 0 Å². The van der Waals surface area contributed by atoms with E-state index in [1.807, 2.05) is 30.3 Å². The Morgan fingerprint density at radius 3 is 2.38 bits per heavy atom. The Kier molecular flexibility index (Phi) is 4.85. The van der Waals surface area contributed by atoms with Crippen LogP contribution in [0.25, 0.3) is 0 Å². The molecule has 0 saturated heterocycles. The van der Waals surface area contributed by atoms with Gasteiger partial charge in [-0.05, 0) is 23.3 Å². The Morgan fingerprint density at radius 1 is 1.14 bits per heavy atom. The summed E-state index contributed by atoms with van der Waals surface area (Å²) in [5.74, 6) is -1.10. The van der Waals surface area contributed by atoms with Crippen molar-refractivity contribution >= 4 is 5.97 Å². The van der Waals surface area contributed by atoms with Gasteiger partial charge >= 0.3 is 5.97 Å². The van der Waals surface area contributed by atoms with Crippen LogP contribution in [0.15, 0.2) is 66.7 Å². The number of ether oxygens (including phenoxy) is 1. The lowest BCUT2D eigenvalue weighted by Crippen LogP contribution is -2.13. The standard InChI is InChI=1S/C17H15FO3/c1-12(16(19)14-7-9-15(18)10-8-14)17(20)21-11-13-5-3-2-4-6-13/h2-10,16,19H,1,11H2. The van der Waals surface area contributed by atoms with E-state index in [-0.39, 0.29) is 12.2 Å². The molecule has 2 aromatic carbocycles. The van der Waals surface area contributed by atoms with Crippen molar-refractivity contribution in [3.63, 3.8) is 0 Å². The summed E-state index contributed by atoms with van der Waals surface area (Å²) in [7, 11) is 0. The molecule has 1 N–H and O–H groups in total. The van der Waals surface area contributed by atoms with E-state index in [2.05, 4.69) is 6.58 Å². The molecule has 0 heterocycles. The Balaban J connectivity index is 1.95. The molecule has 0 amide bonds. The van der Waals surface area contributed by atoms with Gasteiger partial charge in [0, 0.05) is 0 Å². The predicted molar refractivity (Wildman–Crippen MR) is 76.7 cm³/mol. The number of aliphatic hydroxyl groups excluding tert-OH is 1. The summed E-state index contributed by atoms with van der Waals surface area (Å²) in [6.07, 6.45) is -1.21. The lowest BCUT2D eigenvalue weighted by molar-refractivity contribution is -0.141. The molecule has 0 aliphatic carbocycles. The van der Waals surface area contributed by atoms with Crippen molar-refractivity contribution in [1.82, 2.24) is 0 Å². The maximum absolute atomic E-state index is 12.8. The maximum atomic E-state index is 12.8. The fraction of sp³-hybridized carbons (Fsp3) is 0.118. The molecule has 0 radical (unpaired) electrons. The number of esters is 1. The van der Waals surface area contributed by atoms with Gasteiger partial charge in [-0.25, -0.2) is 9.18 Å². The van der Waals surface area contributed by atoms with Crippen molar-refractivity contribution < 1.29 is 19.0 Å². The summed E-state index contributed by atoms with van der Waals surface area (Å²) in [6, 6.07) is 14.4. The minimum Gasteiger partial charge on any atom is -0.457 e. The minimum absolute atomic E-state index is 0.0856. The highest BCUT2D eigenvalue weighted by atomic mass is 19.1. The second kappa shape index (κ2) is 6.81. The van der Waals surface area contributed by atoms with Gasteiger partial charge in [-0.3, -0.25) is 0 Å². The molecule has 108 valence electrons. The molecule has 2 rings (SSSR count). The van der Waals surface area contributed by atoms with Crippen molar-refractivity contribution in [3.8, 4) is 0 Å². The molecule has 0 bridgehead atoms. The highest BCUT2D eigenvalue weighted by molar-refractivity contribution is 5.89. The van der Waals surface area contributed by atoms with Crippen LogP contribution < -0.4 is 0 Å². The number of aliphatic hydroxyl groups is 1. The summed E-state index contributed by atoms with van der Waals surface area (Å²) in [6.45, 7) is 3.65. The van der Waals surface area contributed by atoms with Gasteiger partial charge in [-0.15, -0.1) is 0 Å². The monoisotopic (exact) mass is 286 g/mol. The molecule has 1 unspecified atom stereocenters. The lowest BCUT2D eigenvalue weighted by Gasteiger charge is -2.13. The zero-order valence-electron chi connectivity index (χ0n) is 11.3. The second-order valence-corrected chi connectivity index (χ2v) is 4.54. The summed E-state index contributed by atoms with van der Waals surface area (Å²) < 4.78 is 17.9. The zero-order valence-corrected chi connectivity index (χ0v) is 11.3. The van der Waals surface area contributed by atoms with E-state index in [0.29, 0.717) is 5.56 Å². The molecule has 0 saturated carbocycles. The van der Waals surface area contributed by atoms with Gasteiger partial charge in [0.15, 0.2) is 0 Å². The smallest absolute Gasteiger partial charge is 0.336 e. The molecular formula is C17H15FO3. The van der Waals surface area contributed by atoms with E-state index in [1.54, 1.807) is 0 Å². The quantitative estimate of drug-likeness (QED) is 0.678. The lowest BCUT2D eigenvalue weighted by atomic mass is 10.0. The highest BCUT2D eigenvalue weighted by Gasteiger charge is 2.19. The van der Waals surface area contributed by atoms with Crippen molar-refractivity contribution in [2.75, 3.05) is 0 Å². The first-order valence-corrected chi connectivity index (χ1v) is 6.41. The summed E-state index contributed by atoms with van der Waals surface area (Å²) >= 11 is 0. The molecule has 0 aliphatic rings. The fourth-order valence-corrected chi connectivity index (χ4v) is 1.77. The van der Waals surface area contributed by atoms with Gasteiger partial charge in [0.2, 0.25) is 0 Å². The van der Waals surface area contributed by atoms with Gasteiger partial charge < -0.3 is 9.84 Å². The average Bonchev–Trinajstić information content (AvgIpc) is 2.53. The number of halogens is 1. The number of carbonyl (C=O) groups is 1. The van der Waals surface area contributed by atoms with Gasteiger partial charge in [-0.2, -0.15) is 0 Å². The second-order valence-electron chi connectivity index (χ2n) is 4.54. The van der Waals surface area contributed by atoms with Crippen LogP contribution in [0.1, 0.15) is 17.2 Å². The first-order chi connectivity index (χ1) is 10.1. The molecule has 0 fully saturated rings. The Bertz CT molecular complexity index is 620. The number of benzene rings is 2. The molecule has 0 spiro atoms. The SMILES string of the molecule is C=C(C(=O)OCc1ccccc1)C(O)c1ccc(F)cc1. The molecule has 1 atom stereocenters. The number of carbonyl (C=O) groups excluding carboxylic acids is 1. The third kappa shape index (κ3) is 4.00. The van der Waals surface area contributed by atoms with Crippen molar-refractivity contribution in [2.45, 2.75) is 12.7 Å². The molecule has 3 nitrogen and oxygen atoms in total. The van der Waals surface area contributed by atoms with Gasteiger partial charge in [0.1, 0.15) is 18.5 Å². The van der Waals surface area contributed by atoms with Crippen LogP contribution in [-0.2, 0) is 16.1 Å². The highest BCUT2D eigenvalue weighted by Crippen LogP contribution is 2.21. The largest absolute Gasteiger partial charge is 0.457 e. The predicted octanol–water partition coefficient (Wildman–Crippen LogP) is 3.16. The minimum atomic E-state index is -1.21. The van der Waals surface area contributed by atoms with E-state index in [1.165, 1.54) is 24.3 Å². The Labute approximate surface area is 122 Å². The van der Waals surface area contributed by atoms with Crippen LogP contribution in [0.5, 0.6) is 0 Å². The molecule has 21 heavy (non-hydrogen) atoms. The molecule has 4 heteroatoms. The first kappa shape index (κ1) is 14.9. The van der Waals surface area contributed by atoms with Crippen molar-refractivity contribution in [1.29, 1.82) is 0 Å². The van der Waals surface area contributed by atoms with Gasteiger partial charge in [0.05, 0.1) is 5.57 Å². The maximum Gasteiger partial charge on any atom is 0.336 e. The Morgan fingerprint density at radius 2 is 1.76 bits per heavy atom. The fourth-order valence-electron chi connectivity index (χ4n) is 1.77.